The highest BCUT2D eigenvalue weighted by molar-refractivity contribution is 5.89. The first-order valence-corrected chi connectivity index (χ1v) is 6.73. The number of rotatable bonds is 5. The molecule has 1 saturated heterocycles. The molecule has 0 unspecified atom stereocenters. The van der Waals surface area contributed by atoms with Gasteiger partial charge in [-0.3, -0.25) is 10.1 Å². The topological polar surface area (TPSA) is 71.8 Å². The van der Waals surface area contributed by atoms with Crippen LogP contribution in [0.2, 0.25) is 0 Å². The van der Waals surface area contributed by atoms with Gasteiger partial charge >= 0.3 is 0 Å². The average Bonchev–Trinajstić information content (AvgIpc) is 2.79. The van der Waals surface area contributed by atoms with Crippen molar-refractivity contribution in [2.24, 2.45) is 7.05 Å². The fourth-order valence-electron chi connectivity index (χ4n) is 2.19. The van der Waals surface area contributed by atoms with E-state index in [1.54, 1.807) is 17.8 Å². The predicted octanol–water partition coefficient (Wildman–Crippen LogP) is 1.19. The Morgan fingerprint density at radius 3 is 3.00 bits per heavy atom. The van der Waals surface area contributed by atoms with Crippen molar-refractivity contribution in [2.75, 3.05) is 18.4 Å². The molecule has 1 aliphatic rings. The van der Waals surface area contributed by atoms with Gasteiger partial charge in [0.1, 0.15) is 0 Å². The number of aromatic nitrogens is 3. The summed E-state index contributed by atoms with van der Waals surface area (Å²) in [5.41, 5.74) is 0. The molecule has 19 heavy (non-hydrogen) atoms. The molecule has 1 amide bonds. The number of piperidine rings is 1. The molecule has 0 aliphatic carbocycles. The van der Waals surface area contributed by atoms with Gasteiger partial charge in [-0.1, -0.05) is 6.08 Å². The number of nitrogens with zero attached hydrogens (tertiary/aromatic N) is 3. The van der Waals surface area contributed by atoms with E-state index >= 15 is 0 Å². The molecule has 0 atom stereocenters. The number of amides is 1. The highest BCUT2D eigenvalue weighted by Gasteiger charge is 2.21. The van der Waals surface area contributed by atoms with Crippen LogP contribution in [0, 0.1) is 0 Å². The normalized spacial score (nSPS) is 16.3. The Hall–Kier alpha value is -1.69. The number of carbonyl (C=O) groups is 1. The van der Waals surface area contributed by atoms with E-state index in [1.165, 1.54) is 0 Å². The number of anilines is 1. The van der Waals surface area contributed by atoms with E-state index in [-0.39, 0.29) is 5.91 Å². The van der Waals surface area contributed by atoms with Crippen molar-refractivity contribution in [3.8, 4) is 0 Å². The Bertz CT molecular complexity index is 448. The Kier molecular flexibility index (Phi) is 4.68. The number of allylic oxidation sites excluding steroid dienone is 1. The lowest BCUT2D eigenvalue weighted by atomic mass is 9.98. The van der Waals surface area contributed by atoms with Gasteiger partial charge in [-0.2, -0.15) is 10.1 Å². The summed E-state index contributed by atoms with van der Waals surface area (Å²) in [6, 6.07) is 0. The van der Waals surface area contributed by atoms with Gasteiger partial charge in [-0.15, -0.1) is 6.58 Å². The van der Waals surface area contributed by atoms with Crippen molar-refractivity contribution < 1.29 is 4.79 Å². The van der Waals surface area contributed by atoms with Crippen LogP contribution in [0.15, 0.2) is 12.7 Å². The van der Waals surface area contributed by atoms with E-state index in [0.29, 0.717) is 24.7 Å². The summed E-state index contributed by atoms with van der Waals surface area (Å²) in [4.78, 5) is 16.1. The Balaban J connectivity index is 1.99. The molecule has 1 aromatic rings. The summed E-state index contributed by atoms with van der Waals surface area (Å²) in [6.07, 6.45) is 4.93. The van der Waals surface area contributed by atoms with Gasteiger partial charge in [-0.05, 0) is 32.4 Å². The molecule has 1 aliphatic heterocycles. The Labute approximate surface area is 113 Å². The highest BCUT2D eigenvalue weighted by Crippen LogP contribution is 2.23. The number of hydrogen-bond donors (Lipinski definition) is 2. The fraction of sp³-hybridized carbons (Fsp3) is 0.615. The molecule has 0 aromatic carbocycles. The van der Waals surface area contributed by atoms with Gasteiger partial charge in [0.15, 0.2) is 5.82 Å². The third-order valence-electron chi connectivity index (χ3n) is 3.31. The summed E-state index contributed by atoms with van der Waals surface area (Å²) >= 11 is 0. The van der Waals surface area contributed by atoms with E-state index in [0.717, 1.165) is 31.8 Å². The van der Waals surface area contributed by atoms with Crippen molar-refractivity contribution in [2.45, 2.75) is 31.6 Å². The van der Waals surface area contributed by atoms with Crippen LogP contribution in [-0.4, -0.2) is 33.8 Å². The maximum absolute atomic E-state index is 11.7. The highest BCUT2D eigenvalue weighted by atomic mass is 16.1. The molecule has 1 fully saturated rings. The third kappa shape index (κ3) is 3.64. The van der Waals surface area contributed by atoms with Gasteiger partial charge in [0.25, 0.3) is 0 Å². The van der Waals surface area contributed by atoms with Crippen LogP contribution in [0.3, 0.4) is 0 Å². The first-order valence-electron chi connectivity index (χ1n) is 6.73. The van der Waals surface area contributed by atoms with Crippen LogP contribution in [0.5, 0.6) is 0 Å². The van der Waals surface area contributed by atoms with Crippen LogP contribution in [0.1, 0.15) is 37.4 Å². The third-order valence-corrected chi connectivity index (χ3v) is 3.31. The molecule has 1 aromatic heterocycles. The number of carbonyl (C=O) groups excluding carboxylic acids is 1. The van der Waals surface area contributed by atoms with E-state index in [4.69, 9.17) is 0 Å². The molecular formula is C13H21N5O. The van der Waals surface area contributed by atoms with E-state index in [1.807, 2.05) is 0 Å². The Morgan fingerprint density at radius 1 is 1.58 bits per heavy atom. The first kappa shape index (κ1) is 13.7. The zero-order valence-electron chi connectivity index (χ0n) is 11.4. The average molecular weight is 263 g/mol. The minimum atomic E-state index is -0.0488. The zero-order chi connectivity index (χ0) is 13.7. The standard InChI is InChI=1S/C13H21N5O/c1-3-4-5-11(19)15-13-16-12(17-18(13)2)10-6-8-14-9-7-10/h3,10,14H,1,4-9H2,2H3,(H,15,16,17,19). The summed E-state index contributed by atoms with van der Waals surface area (Å²) in [5.74, 6) is 1.71. The summed E-state index contributed by atoms with van der Waals surface area (Å²) < 4.78 is 1.64. The molecule has 2 N–H and O–H groups in total. The van der Waals surface area contributed by atoms with Crippen molar-refractivity contribution in [1.29, 1.82) is 0 Å². The lowest BCUT2D eigenvalue weighted by molar-refractivity contribution is -0.116. The number of hydrogen-bond acceptors (Lipinski definition) is 4. The molecule has 6 heteroatoms. The van der Waals surface area contributed by atoms with Crippen molar-refractivity contribution >= 4 is 11.9 Å². The van der Waals surface area contributed by atoms with Crippen molar-refractivity contribution in [3.63, 3.8) is 0 Å². The molecule has 0 bridgehead atoms. The lowest BCUT2D eigenvalue weighted by Gasteiger charge is -2.19. The second-order valence-electron chi connectivity index (χ2n) is 4.82. The number of nitrogens with one attached hydrogen (secondary N) is 2. The van der Waals surface area contributed by atoms with Crippen molar-refractivity contribution in [1.82, 2.24) is 20.1 Å². The smallest absolute Gasteiger partial charge is 0.227 e. The van der Waals surface area contributed by atoms with Crippen LogP contribution in [-0.2, 0) is 11.8 Å². The van der Waals surface area contributed by atoms with Gasteiger partial charge in [0.05, 0.1) is 0 Å². The van der Waals surface area contributed by atoms with Gasteiger partial charge < -0.3 is 5.32 Å². The van der Waals surface area contributed by atoms with Crippen molar-refractivity contribution in [3.05, 3.63) is 18.5 Å². The minimum Gasteiger partial charge on any atom is -0.317 e. The van der Waals surface area contributed by atoms with Crippen LogP contribution < -0.4 is 10.6 Å². The SMILES string of the molecule is C=CCCC(=O)Nc1nc(C2CCNCC2)nn1C. The Morgan fingerprint density at radius 2 is 2.32 bits per heavy atom. The van der Waals surface area contributed by atoms with Crippen LogP contribution in [0.25, 0.3) is 0 Å². The quantitative estimate of drug-likeness (QED) is 0.783. The zero-order valence-corrected chi connectivity index (χ0v) is 11.4. The monoisotopic (exact) mass is 263 g/mol. The second kappa shape index (κ2) is 6.47. The lowest BCUT2D eigenvalue weighted by Crippen LogP contribution is -2.27. The van der Waals surface area contributed by atoms with E-state index < -0.39 is 0 Å². The summed E-state index contributed by atoms with van der Waals surface area (Å²) in [7, 11) is 1.81. The van der Waals surface area contributed by atoms with E-state index in [9.17, 15) is 4.79 Å². The molecular weight excluding hydrogens is 242 g/mol. The molecule has 0 radical (unpaired) electrons. The summed E-state index contributed by atoms with van der Waals surface area (Å²) in [6.45, 7) is 5.61. The first-order chi connectivity index (χ1) is 9.20. The fourth-order valence-corrected chi connectivity index (χ4v) is 2.19. The maximum atomic E-state index is 11.7. The van der Waals surface area contributed by atoms with Gasteiger partial charge in [-0.25, -0.2) is 4.68 Å². The molecule has 0 spiro atoms. The van der Waals surface area contributed by atoms with E-state index in [2.05, 4.69) is 27.3 Å². The van der Waals surface area contributed by atoms with Gasteiger partial charge in [0, 0.05) is 19.4 Å². The van der Waals surface area contributed by atoms with Crippen LogP contribution in [0.4, 0.5) is 5.95 Å². The van der Waals surface area contributed by atoms with Gasteiger partial charge in [0.2, 0.25) is 11.9 Å². The molecule has 2 heterocycles. The molecule has 104 valence electrons. The van der Waals surface area contributed by atoms with Crippen LogP contribution >= 0.6 is 0 Å². The molecule has 6 nitrogen and oxygen atoms in total. The summed E-state index contributed by atoms with van der Waals surface area (Å²) in [5, 5.41) is 10.5. The molecule has 0 saturated carbocycles. The minimum absolute atomic E-state index is 0.0488. The largest absolute Gasteiger partial charge is 0.317 e. The maximum Gasteiger partial charge on any atom is 0.227 e. The second-order valence-corrected chi connectivity index (χ2v) is 4.82. The number of aryl methyl sites for hydroxylation is 1. The predicted molar refractivity (Wildman–Crippen MR) is 73.9 cm³/mol. The molecule has 2 rings (SSSR count).